The van der Waals surface area contributed by atoms with E-state index < -0.39 is 5.97 Å². The number of ether oxygens (including phenoxy) is 1. The van der Waals surface area contributed by atoms with Crippen LogP contribution in [0.15, 0.2) is 48.5 Å². The maximum absolute atomic E-state index is 10.7. The van der Waals surface area contributed by atoms with Crippen molar-refractivity contribution in [2.24, 2.45) is 0 Å². The number of carbonyl (C=O) groups is 1. The van der Waals surface area contributed by atoms with E-state index in [1.165, 1.54) is 16.7 Å². The molecule has 0 aliphatic carbocycles. The molecule has 0 amide bonds. The Balaban J connectivity index is 0.00000243. The van der Waals surface area contributed by atoms with Crippen LogP contribution in [-0.2, 0) is 24.2 Å². The van der Waals surface area contributed by atoms with E-state index >= 15 is 0 Å². The minimum atomic E-state index is -0.731. The largest absolute Gasteiger partial charge is 0.494 e. The number of fused-ring (bicyclic) bond motifs is 1. The first kappa shape index (κ1) is 20.3. The summed E-state index contributed by atoms with van der Waals surface area (Å²) in [7, 11) is 0. The van der Waals surface area contributed by atoms with E-state index in [2.05, 4.69) is 41.3 Å². The van der Waals surface area contributed by atoms with Gasteiger partial charge in [0.05, 0.1) is 13.0 Å². The van der Waals surface area contributed by atoms with E-state index in [-0.39, 0.29) is 18.8 Å². The van der Waals surface area contributed by atoms with Crippen molar-refractivity contribution in [1.29, 1.82) is 0 Å². The van der Waals surface area contributed by atoms with Crippen LogP contribution in [0.5, 0.6) is 5.75 Å². The highest BCUT2D eigenvalue weighted by Gasteiger charge is 2.17. The van der Waals surface area contributed by atoms with Gasteiger partial charge in [0, 0.05) is 19.6 Å². The van der Waals surface area contributed by atoms with E-state index in [0.29, 0.717) is 6.54 Å². The summed E-state index contributed by atoms with van der Waals surface area (Å²) in [6.45, 7) is 3.08. The van der Waals surface area contributed by atoms with Crippen LogP contribution in [0.4, 0.5) is 0 Å². The molecule has 1 aliphatic rings. The predicted molar refractivity (Wildman–Crippen MR) is 105 cm³/mol. The fourth-order valence-corrected chi connectivity index (χ4v) is 3.23. The molecule has 0 fully saturated rings. The predicted octanol–water partition coefficient (Wildman–Crippen LogP) is 3.95. The zero-order valence-electron chi connectivity index (χ0n) is 14.9. The number of aryl methyl sites for hydroxylation is 1. The first-order valence-corrected chi connectivity index (χ1v) is 8.93. The lowest BCUT2D eigenvalue weighted by Crippen LogP contribution is -2.32. The zero-order chi connectivity index (χ0) is 17.5. The molecule has 0 spiro atoms. The Morgan fingerprint density at radius 3 is 2.69 bits per heavy atom. The molecule has 3 rings (SSSR count). The van der Waals surface area contributed by atoms with Crippen LogP contribution >= 0.6 is 12.4 Å². The Labute approximate surface area is 161 Å². The normalized spacial score (nSPS) is 13.5. The first-order chi connectivity index (χ1) is 12.2. The van der Waals surface area contributed by atoms with Crippen LogP contribution in [0.2, 0.25) is 0 Å². The molecule has 0 unspecified atom stereocenters. The molecule has 1 aliphatic heterocycles. The van der Waals surface area contributed by atoms with Gasteiger partial charge in [-0.25, -0.2) is 0 Å². The van der Waals surface area contributed by atoms with Gasteiger partial charge in [0.25, 0.3) is 0 Å². The highest BCUT2D eigenvalue weighted by molar-refractivity contribution is 5.85. The van der Waals surface area contributed by atoms with E-state index in [4.69, 9.17) is 9.84 Å². The van der Waals surface area contributed by atoms with Crippen molar-refractivity contribution in [2.75, 3.05) is 19.7 Å². The number of hydrogen-bond donors (Lipinski definition) is 1. The quantitative estimate of drug-likeness (QED) is 0.710. The molecular formula is C21H26ClNO3. The summed E-state index contributed by atoms with van der Waals surface area (Å²) in [6.07, 6.45) is 3.20. The fraction of sp³-hybridized carbons (Fsp3) is 0.381. The molecule has 1 N–H and O–H groups in total. The number of carboxylic acids is 1. The lowest BCUT2D eigenvalue weighted by atomic mass is 9.99. The molecule has 0 saturated carbocycles. The standard InChI is InChI=1S/C21H25NO3.ClH/c23-21(24)11-13-22-12-10-18-15-20(9-8-19(18)16-22)25-14-4-7-17-5-2-1-3-6-17;/h1-3,5-6,8-9,15H,4,7,10-14,16H2,(H,23,24);1H. The average Bonchev–Trinajstić information content (AvgIpc) is 2.64. The molecule has 4 nitrogen and oxygen atoms in total. The highest BCUT2D eigenvalue weighted by Crippen LogP contribution is 2.24. The number of halogens is 1. The van der Waals surface area contributed by atoms with E-state index in [0.717, 1.165) is 44.7 Å². The first-order valence-electron chi connectivity index (χ1n) is 8.93. The number of nitrogens with zero attached hydrogens (tertiary/aromatic N) is 1. The fourth-order valence-electron chi connectivity index (χ4n) is 3.23. The summed E-state index contributed by atoms with van der Waals surface area (Å²) >= 11 is 0. The molecule has 2 aromatic rings. The Kier molecular flexibility index (Phi) is 7.95. The molecule has 0 saturated heterocycles. The number of benzene rings is 2. The molecular weight excluding hydrogens is 350 g/mol. The molecule has 26 heavy (non-hydrogen) atoms. The van der Waals surface area contributed by atoms with Crippen LogP contribution in [0.3, 0.4) is 0 Å². The summed E-state index contributed by atoms with van der Waals surface area (Å²) in [6, 6.07) is 16.8. The van der Waals surface area contributed by atoms with Crippen LogP contribution in [0, 0.1) is 0 Å². The maximum atomic E-state index is 10.7. The molecule has 140 valence electrons. The van der Waals surface area contributed by atoms with Crippen molar-refractivity contribution in [3.05, 3.63) is 65.2 Å². The topological polar surface area (TPSA) is 49.8 Å². The summed E-state index contributed by atoms with van der Waals surface area (Å²) in [4.78, 5) is 12.9. The van der Waals surface area contributed by atoms with Crippen molar-refractivity contribution >= 4 is 18.4 Å². The van der Waals surface area contributed by atoms with Gasteiger partial charge in [-0.15, -0.1) is 12.4 Å². The van der Waals surface area contributed by atoms with Crippen LogP contribution in [0.25, 0.3) is 0 Å². The Morgan fingerprint density at radius 1 is 1.12 bits per heavy atom. The van der Waals surface area contributed by atoms with Gasteiger partial charge in [0.2, 0.25) is 0 Å². The van der Waals surface area contributed by atoms with Crippen molar-refractivity contribution in [2.45, 2.75) is 32.2 Å². The summed E-state index contributed by atoms with van der Waals surface area (Å²) in [5.74, 6) is 0.204. The Hall–Kier alpha value is -2.04. The molecule has 0 bridgehead atoms. The molecule has 1 heterocycles. The monoisotopic (exact) mass is 375 g/mol. The Bertz CT molecular complexity index is 706. The third-order valence-electron chi connectivity index (χ3n) is 4.63. The molecule has 0 radical (unpaired) electrons. The van der Waals surface area contributed by atoms with Crippen LogP contribution < -0.4 is 4.74 Å². The maximum Gasteiger partial charge on any atom is 0.304 e. The smallest absolute Gasteiger partial charge is 0.304 e. The highest BCUT2D eigenvalue weighted by atomic mass is 35.5. The molecule has 0 aromatic heterocycles. The minimum absolute atomic E-state index is 0. The van der Waals surface area contributed by atoms with Gasteiger partial charge >= 0.3 is 5.97 Å². The molecule has 5 heteroatoms. The second-order valence-electron chi connectivity index (χ2n) is 6.54. The Morgan fingerprint density at radius 2 is 1.92 bits per heavy atom. The summed E-state index contributed by atoms with van der Waals surface area (Å²) < 4.78 is 5.91. The number of hydrogen-bond acceptors (Lipinski definition) is 3. The minimum Gasteiger partial charge on any atom is -0.494 e. The average molecular weight is 376 g/mol. The van der Waals surface area contributed by atoms with Crippen molar-refractivity contribution < 1.29 is 14.6 Å². The van der Waals surface area contributed by atoms with Gasteiger partial charge in [-0.2, -0.15) is 0 Å². The number of carboxylic acid groups (broad SMARTS) is 1. The van der Waals surface area contributed by atoms with Gasteiger partial charge in [-0.1, -0.05) is 36.4 Å². The van der Waals surface area contributed by atoms with Gasteiger partial charge in [0.1, 0.15) is 5.75 Å². The molecule has 0 atom stereocenters. The van der Waals surface area contributed by atoms with Crippen LogP contribution in [0.1, 0.15) is 29.5 Å². The van der Waals surface area contributed by atoms with Crippen molar-refractivity contribution in [3.8, 4) is 5.75 Å². The van der Waals surface area contributed by atoms with Gasteiger partial charge in [-0.3, -0.25) is 9.69 Å². The van der Waals surface area contributed by atoms with E-state index in [9.17, 15) is 4.79 Å². The summed E-state index contributed by atoms with van der Waals surface area (Å²) in [5.41, 5.74) is 3.96. The number of rotatable bonds is 8. The lowest BCUT2D eigenvalue weighted by molar-refractivity contribution is -0.137. The van der Waals surface area contributed by atoms with Gasteiger partial charge < -0.3 is 9.84 Å². The van der Waals surface area contributed by atoms with Crippen molar-refractivity contribution in [1.82, 2.24) is 4.90 Å². The second-order valence-corrected chi connectivity index (χ2v) is 6.54. The lowest BCUT2D eigenvalue weighted by Gasteiger charge is -2.28. The van der Waals surface area contributed by atoms with Crippen LogP contribution in [-0.4, -0.2) is 35.7 Å². The van der Waals surface area contributed by atoms with Gasteiger partial charge in [0.15, 0.2) is 0 Å². The third-order valence-corrected chi connectivity index (χ3v) is 4.63. The van der Waals surface area contributed by atoms with E-state index in [1.54, 1.807) is 0 Å². The summed E-state index contributed by atoms with van der Waals surface area (Å²) in [5, 5.41) is 8.81. The van der Waals surface area contributed by atoms with Crippen molar-refractivity contribution in [3.63, 3.8) is 0 Å². The third kappa shape index (κ3) is 6.04. The van der Waals surface area contributed by atoms with E-state index in [1.807, 2.05) is 12.1 Å². The second kappa shape index (κ2) is 10.2. The number of aliphatic carboxylic acids is 1. The van der Waals surface area contributed by atoms with Gasteiger partial charge in [-0.05, 0) is 48.1 Å². The SMILES string of the molecule is Cl.O=C(O)CCN1CCc2cc(OCCCc3ccccc3)ccc2C1. The zero-order valence-corrected chi connectivity index (χ0v) is 15.7. The molecule has 2 aromatic carbocycles.